The van der Waals surface area contributed by atoms with E-state index in [2.05, 4.69) is 22.4 Å². The van der Waals surface area contributed by atoms with E-state index in [0.717, 1.165) is 29.8 Å². The number of unbranched alkanes of at least 4 members (excludes halogenated alkanes) is 1. The topological polar surface area (TPSA) is 93.7 Å². The number of hydrogen-bond donors (Lipinski definition) is 1. The van der Waals surface area contributed by atoms with Crippen LogP contribution in [0.5, 0.6) is 11.5 Å². The minimum absolute atomic E-state index is 0.119. The predicted octanol–water partition coefficient (Wildman–Crippen LogP) is 3.84. The highest BCUT2D eigenvalue weighted by Gasteiger charge is 2.32. The van der Waals surface area contributed by atoms with Crippen molar-refractivity contribution in [1.29, 1.82) is 0 Å². The smallest absolute Gasteiger partial charge is 0.266 e. The summed E-state index contributed by atoms with van der Waals surface area (Å²) in [5.74, 6) is 0.893. The van der Waals surface area contributed by atoms with Crippen LogP contribution in [0.25, 0.3) is 6.08 Å². The van der Waals surface area contributed by atoms with Gasteiger partial charge in [-0.15, -0.1) is 10.2 Å². The number of ether oxygens (including phenoxy) is 2. The van der Waals surface area contributed by atoms with Crippen LogP contribution in [0.3, 0.4) is 0 Å². The summed E-state index contributed by atoms with van der Waals surface area (Å²) in [6.45, 7) is 2.51. The highest BCUT2D eigenvalue weighted by atomic mass is 32.2. The van der Waals surface area contributed by atoms with E-state index in [0.29, 0.717) is 25.9 Å². The summed E-state index contributed by atoms with van der Waals surface area (Å²) in [6, 6.07) is 5.48. The monoisotopic (exact) mass is 476 g/mol. The Balaban J connectivity index is 1.33. The quantitative estimate of drug-likeness (QED) is 0.454. The number of nitrogens with zero attached hydrogens (tertiary/aromatic N) is 3. The van der Waals surface area contributed by atoms with Gasteiger partial charge in [0, 0.05) is 19.4 Å². The fraction of sp³-hybridized carbons (Fsp3) is 0.350. The summed E-state index contributed by atoms with van der Waals surface area (Å²) in [4.78, 5) is 27.0. The molecule has 2 aliphatic heterocycles. The minimum Gasteiger partial charge on any atom is -0.454 e. The molecule has 0 aliphatic carbocycles. The van der Waals surface area contributed by atoms with Crippen molar-refractivity contribution in [1.82, 2.24) is 15.1 Å². The van der Waals surface area contributed by atoms with Crippen molar-refractivity contribution in [2.45, 2.75) is 32.6 Å². The second-order valence-electron chi connectivity index (χ2n) is 6.85. The number of thioether (sulfide) groups is 1. The molecule has 0 atom stereocenters. The molecular weight excluding hydrogens is 456 g/mol. The zero-order chi connectivity index (χ0) is 21.8. The Labute approximate surface area is 193 Å². The van der Waals surface area contributed by atoms with Crippen molar-refractivity contribution in [3.05, 3.63) is 33.7 Å². The molecule has 31 heavy (non-hydrogen) atoms. The molecule has 1 saturated heterocycles. The first kappa shape index (κ1) is 21.7. The number of carbonyl (C=O) groups is 2. The summed E-state index contributed by atoms with van der Waals surface area (Å²) >= 11 is 7.95. The third-order valence-corrected chi connectivity index (χ3v) is 6.86. The van der Waals surface area contributed by atoms with Crippen molar-refractivity contribution >= 4 is 62.7 Å². The fourth-order valence-electron chi connectivity index (χ4n) is 2.98. The number of rotatable bonds is 8. The van der Waals surface area contributed by atoms with Crippen LogP contribution in [0.15, 0.2) is 23.1 Å². The Morgan fingerprint density at radius 1 is 1.32 bits per heavy atom. The van der Waals surface area contributed by atoms with Gasteiger partial charge in [-0.2, -0.15) is 0 Å². The molecular formula is C20H20N4O4S3. The normalized spacial score (nSPS) is 16.4. The molecule has 1 aromatic carbocycles. The Morgan fingerprint density at radius 3 is 3.00 bits per heavy atom. The second kappa shape index (κ2) is 9.75. The molecule has 0 radical (unpaired) electrons. The Morgan fingerprint density at radius 2 is 2.16 bits per heavy atom. The summed E-state index contributed by atoms with van der Waals surface area (Å²) < 4.78 is 11.1. The van der Waals surface area contributed by atoms with Crippen LogP contribution in [0.2, 0.25) is 0 Å². The Bertz CT molecular complexity index is 1050. The van der Waals surface area contributed by atoms with E-state index in [1.165, 1.54) is 28.0 Å². The number of anilines is 1. The average Bonchev–Trinajstić information content (AvgIpc) is 3.45. The molecule has 0 bridgehead atoms. The van der Waals surface area contributed by atoms with Gasteiger partial charge in [0.1, 0.15) is 9.33 Å². The number of amides is 2. The highest BCUT2D eigenvalue weighted by Crippen LogP contribution is 2.36. The maximum Gasteiger partial charge on any atom is 0.266 e. The minimum atomic E-state index is -0.230. The summed E-state index contributed by atoms with van der Waals surface area (Å²) in [6.07, 6.45) is 4.86. The van der Waals surface area contributed by atoms with Crippen molar-refractivity contribution in [2.24, 2.45) is 0 Å². The fourth-order valence-corrected chi connectivity index (χ4v) is 5.08. The third-order valence-electron chi connectivity index (χ3n) is 4.59. The summed E-state index contributed by atoms with van der Waals surface area (Å²) in [5, 5.41) is 12.2. The van der Waals surface area contributed by atoms with Crippen molar-refractivity contribution in [2.75, 3.05) is 18.7 Å². The van der Waals surface area contributed by atoms with Crippen molar-refractivity contribution in [3.63, 3.8) is 0 Å². The van der Waals surface area contributed by atoms with Crippen LogP contribution in [-0.4, -0.2) is 44.6 Å². The lowest BCUT2D eigenvalue weighted by atomic mass is 10.2. The highest BCUT2D eigenvalue weighted by molar-refractivity contribution is 8.26. The maximum absolute atomic E-state index is 12.8. The van der Waals surface area contributed by atoms with Gasteiger partial charge in [0.25, 0.3) is 5.91 Å². The van der Waals surface area contributed by atoms with E-state index >= 15 is 0 Å². The van der Waals surface area contributed by atoms with Crippen LogP contribution < -0.4 is 14.8 Å². The first-order valence-corrected chi connectivity index (χ1v) is 11.8. The lowest BCUT2D eigenvalue weighted by molar-refractivity contribution is -0.122. The molecule has 2 aliphatic rings. The van der Waals surface area contributed by atoms with E-state index in [1.54, 1.807) is 12.1 Å². The molecule has 1 N–H and O–H groups in total. The molecule has 8 nitrogen and oxygen atoms in total. The number of hydrogen-bond acceptors (Lipinski definition) is 9. The zero-order valence-corrected chi connectivity index (χ0v) is 19.2. The summed E-state index contributed by atoms with van der Waals surface area (Å²) in [7, 11) is 0. The maximum atomic E-state index is 12.8. The van der Waals surface area contributed by atoms with Gasteiger partial charge in [-0.1, -0.05) is 54.7 Å². The number of fused-ring (bicyclic) bond motifs is 1. The SMILES string of the molecule is CCCCc1nnc(NC(=O)CCN2C(=O)/C(=C/c3ccc4c(c3)OCO4)SC2=S)s1. The first-order valence-electron chi connectivity index (χ1n) is 9.80. The van der Waals surface area contributed by atoms with E-state index in [4.69, 9.17) is 21.7 Å². The molecule has 1 fully saturated rings. The van der Waals surface area contributed by atoms with E-state index in [1.807, 2.05) is 12.1 Å². The number of thiocarbonyl (C=S) groups is 1. The molecule has 0 spiro atoms. The van der Waals surface area contributed by atoms with Crippen LogP contribution in [0, 0.1) is 0 Å². The first-order chi connectivity index (χ1) is 15.0. The number of aromatic nitrogens is 2. The molecule has 4 rings (SSSR count). The van der Waals surface area contributed by atoms with Gasteiger partial charge in [-0.25, -0.2) is 0 Å². The summed E-state index contributed by atoms with van der Waals surface area (Å²) in [5.41, 5.74) is 0.817. The zero-order valence-electron chi connectivity index (χ0n) is 16.8. The van der Waals surface area contributed by atoms with Crippen LogP contribution >= 0.6 is 35.3 Å². The predicted molar refractivity (Wildman–Crippen MR) is 124 cm³/mol. The Kier molecular flexibility index (Phi) is 6.83. The molecule has 11 heteroatoms. The third kappa shape index (κ3) is 5.23. The molecule has 1 aromatic heterocycles. The number of nitrogens with one attached hydrogen (secondary N) is 1. The van der Waals surface area contributed by atoms with Crippen LogP contribution in [-0.2, 0) is 16.0 Å². The lowest BCUT2D eigenvalue weighted by Crippen LogP contribution is -2.31. The second-order valence-corrected chi connectivity index (χ2v) is 9.59. The van der Waals surface area contributed by atoms with Gasteiger partial charge in [-0.3, -0.25) is 14.5 Å². The van der Waals surface area contributed by atoms with Gasteiger partial charge in [0.05, 0.1) is 4.91 Å². The van der Waals surface area contributed by atoms with E-state index in [-0.39, 0.29) is 31.6 Å². The van der Waals surface area contributed by atoms with Gasteiger partial charge in [0.15, 0.2) is 11.5 Å². The van der Waals surface area contributed by atoms with Crippen molar-refractivity contribution < 1.29 is 19.1 Å². The van der Waals surface area contributed by atoms with Gasteiger partial charge >= 0.3 is 0 Å². The van der Waals surface area contributed by atoms with E-state index in [9.17, 15) is 9.59 Å². The van der Waals surface area contributed by atoms with Crippen LogP contribution in [0.4, 0.5) is 5.13 Å². The molecule has 162 valence electrons. The Hall–Kier alpha value is -2.50. The van der Waals surface area contributed by atoms with Gasteiger partial charge in [0.2, 0.25) is 17.8 Å². The van der Waals surface area contributed by atoms with Gasteiger partial charge < -0.3 is 14.8 Å². The van der Waals surface area contributed by atoms with Crippen molar-refractivity contribution in [3.8, 4) is 11.5 Å². The average molecular weight is 477 g/mol. The number of carbonyl (C=O) groups excluding carboxylic acids is 2. The van der Waals surface area contributed by atoms with E-state index < -0.39 is 0 Å². The molecule has 0 unspecified atom stereocenters. The largest absolute Gasteiger partial charge is 0.454 e. The lowest BCUT2D eigenvalue weighted by Gasteiger charge is -2.13. The molecule has 2 amide bonds. The molecule has 3 heterocycles. The number of aryl methyl sites for hydroxylation is 1. The number of benzene rings is 1. The van der Waals surface area contributed by atoms with Gasteiger partial charge in [-0.05, 0) is 30.2 Å². The molecule has 0 saturated carbocycles. The standard InChI is InChI=1S/C20H20N4O4S3/c1-2-3-4-17-22-23-19(31-17)21-16(25)7-8-24-18(26)15(30-20(24)29)10-12-5-6-13-14(9-12)28-11-27-13/h5-6,9-10H,2-4,7-8,11H2,1H3,(H,21,23,25)/b15-10-. The van der Waals surface area contributed by atoms with Crippen LogP contribution in [0.1, 0.15) is 36.8 Å². The molecule has 2 aromatic rings.